The van der Waals surface area contributed by atoms with Gasteiger partial charge in [-0.2, -0.15) is 0 Å². The molecule has 0 aliphatic rings. The van der Waals surface area contributed by atoms with Gasteiger partial charge >= 0.3 is 86.2 Å². The summed E-state index contributed by atoms with van der Waals surface area (Å²) < 4.78 is 6.61. The second-order valence-electron chi connectivity index (χ2n) is 4.46. The average molecular weight is 273 g/mol. The fourth-order valence-corrected chi connectivity index (χ4v) is 4.33. The van der Waals surface area contributed by atoms with Gasteiger partial charge in [-0.3, -0.25) is 0 Å². The molecule has 72 valence electrons. The van der Waals surface area contributed by atoms with Gasteiger partial charge in [-0.1, -0.05) is 0 Å². The van der Waals surface area contributed by atoms with Crippen molar-refractivity contribution in [2.24, 2.45) is 0 Å². The van der Waals surface area contributed by atoms with Gasteiger partial charge in [0.1, 0.15) is 0 Å². The van der Waals surface area contributed by atoms with Gasteiger partial charge in [0.05, 0.1) is 0 Å². The fourth-order valence-electron chi connectivity index (χ4n) is 1.17. The standard InChI is InChI=1S/C8H18N.2CH3.In/c1-5-6-7-9(4)8(2)3;;;/h8H,1,5-7H2,2-4H3;2*1H3;. The van der Waals surface area contributed by atoms with Crippen LogP contribution in [-0.2, 0) is 0 Å². The molecular formula is C10H24InN. The summed E-state index contributed by atoms with van der Waals surface area (Å²) in [5, 5.41) is 0. The van der Waals surface area contributed by atoms with Crippen molar-refractivity contribution in [3.8, 4) is 0 Å². The van der Waals surface area contributed by atoms with Gasteiger partial charge in [0.2, 0.25) is 0 Å². The van der Waals surface area contributed by atoms with Crippen LogP contribution in [0.5, 0.6) is 0 Å². The molecule has 0 aromatic heterocycles. The minimum atomic E-state index is -0.864. The molecule has 0 heterocycles. The minimum absolute atomic E-state index is 0.715. The zero-order valence-electron chi connectivity index (χ0n) is 9.43. The fraction of sp³-hybridized carbons (Fsp3) is 1.00. The van der Waals surface area contributed by atoms with E-state index in [-0.39, 0.29) is 0 Å². The molecule has 2 heteroatoms. The van der Waals surface area contributed by atoms with E-state index in [1.807, 2.05) is 0 Å². The third-order valence-electron chi connectivity index (χ3n) is 2.42. The van der Waals surface area contributed by atoms with Crippen molar-refractivity contribution >= 4 is 21.4 Å². The Kier molecular flexibility index (Phi) is 7.76. The third kappa shape index (κ3) is 7.48. The van der Waals surface area contributed by atoms with Crippen molar-refractivity contribution in [3.63, 3.8) is 0 Å². The Balaban J connectivity index is 3.20. The van der Waals surface area contributed by atoms with Gasteiger partial charge in [-0.05, 0) is 0 Å². The zero-order valence-corrected chi connectivity index (χ0v) is 12.7. The summed E-state index contributed by atoms with van der Waals surface area (Å²) in [7, 11) is 2.23. The van der Waals surface area contributed by atoms with Crippen LogP contribution in [-0.4, -0.2) is 46.0 Å². The maximum absolute atomic E-state index is 2.51. The molecule has 1 nitrogen and oxygen atoms in total. The van der Waals surface area contributed by atoms with Crippen LogP contribution in [0.15, 0.2) is 0 Å². The molecule has 0 fully saturated rings. The molecule has 12 heavy (non-hydrogen) atoms. The second-order valence-corrected chi connectivity index (χ2v) is 14.1. The zero-order chi connectivity index (χ0) is 9.56. The van der Waals surface area contributed by atoms with Gasteiger partial charge in [0, 0.05) is 0 Å². The Labute approximate surface area is 86.1 Å². The topological polar surface area (TPSA) is 3.24 Å². The summed E-state index contributed by atoms with van der Waals surface area (Å²) >= 11 is -0.864. The van der Waals surface area contributed by atoms with Crippen molar-refractivity contribution < 1.29 is 0 Å². The molecule has 0 saturated carbocycles. The van der Waals surface area contributed by atoms with Crippen LogP contribution in [0, 0.1) is 0 Å². The molecule has 0 N–H and O–H groups in total. The van der Waals surface area contributed by atoms with Crippen molar-refractivity contribution in [2.45, 2.75) is 46.3 Å². The number of hydrogen-bond donors (Lipinski definition) is 0. The first-order valence-corrected chi connectivity index (χ1v) is 14.2. The quantitative estimate of drug-likeness (QED) is 0.673. The van der Waals surface area contributed by atoms with E-state index in [1.165, 1.54) is 19.4 Å². The predicted molar refractivity (Wildman–Crippen MR) is 59.3 cm³/mol. The SMILES string of the molecule is CC(C)N(C)CCC[CH2][In]([CH3])[CH3]. The van der Waals surface area contributed by atoms with Gasteiger partial charge in [0.25, 0.3) is 0 Å². The number of hydrogen-bond acceptors (Lipinski definition) is 1. The molecule has 0 unspecified atom stereocenters. The molecular weight excluding hydrogens is 249 g/mol. The van der Waals surface area contributed by atoms with Crippen LogP contribution in [0.2, 0.25) is 13.5 Å². The molecule has 0 aliphatic heterocycles. The van der Waals surface area contributed by atoms with Crippen LogP contribution >= 0.6 is 0 Å². The summed E-state index contributed by atoms with van der Waals surface area (Å²) in [6, 6.07) is 0.715. The van der Waals surface area contributed by atoms with E-state index in [9.17, 15) is 0 Å². The van der Waals surface area contributed by atoms with Gasteiger partial charge in [-0.25, -0.2) is 0 Å². The molecule has 0 atom stereocenters. The normalized spacial score (nSPS) is 11.2. The molecule has 0 aromatic carbocycles. The summed E-state index contributed by atoms with van der Waals surface area (Å²) in [6.07, 6.45) is 2.88. The predicted octanol–water partition coefficient (Wildman–Crippen LogP) is 2.86. The Morgan fingerprint density at radius 2 is 1.75 bits per heavy atom. The Bertz CT molecular complexity index is 102. The molecule has 0 radical (unpaired) electrons. The molecule has 0 spiro atoms. The van der Waals surface area contributed by atoms with E-state index in [0.29, 0.717) is 6.04 Å². The summed E-state index contributed by atoms with van der Waals surface area (Å²) in [6.45, 7) is 5.82. The van der Waals surface area contributed by atoms with Crippen molar-refractivity contribution in [1.82, 2.24) is 4.90 Å². The monoisotopic (exact) mass is 273 g/mol. The van der Waals surface area contributed by atoms with Gasteiger partial charge in [-0.15, -0.1) is 0 Å². The second kappa shape index (κ2) is 7.25. The number of nitrogens with zero attached hydrogens (tertiary/aromatic N) is 1. The van der Waals surface area contributed by atoms with Crippen LogP contribution in [0.1, 0.15) is 26.7 Å². The van der Waals surface area contributed by atoms with E-state index < -0.39 is 21.4 Å². The van der Waals surface area contributed by atoms with E-state index >= 15 is 0 Å². The van der Waals surface area contributed by atoms with Gasteiger partial charge in [0.15, 0.2) is 0 Å². The summed E-state index contributed by atoms with van der Waals surface area (Å²) in [4.78, 5) is 2.44. The number of rotatable bonds is 6. The van der Waals surface area contributed by atoms with E-state index in [2.05, 4.69) is 35.2 Å². The molecule has 0 aromatic rings. The molecule has 0 saturated heterocycles. The molecule has 0 amide bonds. The van der Waals surface area contributed by atoms with Crippen molar-refractivity contribution in [1.29, 1.82) is 0 Å². The van der Waals surface area contributed by atoms with Crippen LogP contribution in [0.3, 0.4) is 0 Å². The Morgan fingerprint density at radius 3 is 2.17 bits per heavy atom. The third-order valence-corrected chi connectivity index (χ3v) is 6.88. The molecule has 0 bridgehead atoms. The van der Waals surface area contributed by atoms with Crippen LogP contribution in [0.4, 0.5) is 0 Å². The van der Waals surface area contributed by atoms with E-state index in [0.717, 1.165) is 0 Å². The van der Waals surface area contributed by atoms with E-state index in [4.69, 9.17) is 0 Å². The molecule has 0 rings (SSSR count). The first-order valence-electron chi connectivity index (χ1n) is 5.24. The Morgan fingerprint density at radius 1 is 1.17 bits per heavy atom. The van der Waals surface area contributed by atoms with Crippen molar-refractivity contribution in [3.05, 3.63) is 0 Å². The van der Waals surface area contributed by atoms with Gasteiger partial charge < -0.3 is 0 Å². The molecule has 0 aliphatic carbocycles. The summed E-state index contributed by atoms with van der Waals surface area (Å²) in [5.41, 5.74) is 0. The number of unbranched alkanes of at least 4 members (excludes halogenated alkanes) is 1. The Hall–Kier alpha value is 0.830. The van der Waals surface area contributed by atoms with Crippen LogP contribution in [0.25, 0.3) is 0 Å². The first kappa shape index (κ1) is 12.8. The maximum atomic E-state index is 2.51. The van der Waals surface area contributed by atoms with Crippen molar-refractivity contribution in [2.75, 3.05) is 13.6 Å². The van der Waals surface area contributed by atoms with E-state index in [1.54, 1.807) is 4.18 Å². The first-order chi connectivity index (χ1) is 5.54. The summed E-state index contributed by atoms with van der Waals surface area (Å²) in [5.74, 6) is 0. The van der Waals surface area contributed by atoms with Crippen LogP contribution < -0.4 is 0 Å². The average Bonchev–Trinajstić information content (AvgIpc) is 1.97.